The van der Waals surface area contributed by atoms with Crippen molar-refractivity contribution >= 4 is 28.9 Å². The van der Waals surface area contributed by atoms with E-state index in [2.05, 4.69) is 0 Å². The van der Waals surface area contributed by atoms with Crippen LogP contribution in [0.25, 0.3) is 0 Å². The summed E-state index contributed by atoms with van der Waals surface area (Å²) in [6.45, 7) is 0. The molecule has 1 aromatic rings. The Morgan fingerprint density at radius 2 is 1.43 bits per heavy atom. The van der Waals surface area contributed by atoms with Gasteiger partial charge in [0.2, 0.25) is 10.0 Å². The van der Waals surface area contributed by atoms with Gasteiger partial charge in [0.1, 0.15) is 0 Å². The van der Waals surface area contributed by atoms with E-state index in [1.807, 2.05) is 0 Å². The van der Waals surface area contributed by atoms with Crippen molar-refractivity contribution in [2.24, 2.45) is 0 Å². The summed E-state index contributed by atoms with van der Waals surface area (Å²) in [5.41, 5.74) is 0.853. The summed E-state index contributed by atoms with van der Waals surface area (Å²) in [5, 5.41) is 0. The highest BCUT2D eigenvalue weighted by Gasteiger charge is 2.37. The van der Waals surface area contributed by atoms with E-state index in [4.69, 9.17) is 13.3 Å². The lowest BCUT2D eigenvalue weighted by Gasteiger charge is -2.24. The fourth-order valence-corrected chi connectivity index (χ4v) is 6.12. The van der Waals surface area contributed by atoms with Crippen LogP contribution in [0.5, 0.6) is 0 Å². The van der Waals surface area contributed by atoms with Gasteiger partial charge in [0.15, 0.2) is 0 Å². The van der Waals surface area contributed by atoms with Crippen LogP contribution >= 0.6 is 0 Å². The van der Waals surface area contributed by atoms with E-state index >= 15 is 0 Å². The van der Waals surface area contributed by atoms with Gasteiger partial charge in [-0.15, -0.1) is 4.13 Å². The molecule has 0 amide bonds. The van der Waals surface area contributed by atoms with Gasteiger partial charge in [0.25, 0.3) is 10.0 Å². The molecular formula is C12H21NO7S2Si. The van der Waals surface area contributed by atoms with Gasteiger partial charge in [-0.2, -0.15) is 0 Å². The third kappa shape index (κ3) is 5.95. The van der Waals surface area contributed by atoms with Crippen molar-refractivity contribution in [3.05, 3.63) is 29.8 Å². The highest BCUT2D eigenvalue weighted by Crippen LogP contribution is 2.18. The predicted octanol–water partition coefficient (Wildman–Crippen LogP) is 0.345. The molecule has 0 spiro atoms. The molecule has 11 heteroatoms. The molecule has 23 heavy (non-hydrogen) atoms. The third-order valence-corrected chi connectivity index (χ3v) is 8.86. The summed E-state index contributed by atoms with van der Waals surface area (Å²) < 4.78 is 63.4. The highest BCUT2D eigenvalue weighted by atomic mass is 32.3. The molecule has 0 bridgehead atoms. The molecule has 0 unspecified atom stereocenters. The molecule has 0 fully saturated rings. The van der Waals surface area contributed by atoms with E-state index in [1.165, 1.54) is 33.5 Å². The van der Waals surface area contributed by atoms with Crippen LogP contribution in [0.15, 0.2) is 29.2 Å². The molecule has 1 rings (SSSR count). The van der Waals surface area contributed by atoms with Gasteiger partial charge in [-0.25, -0.2) is 16.8 Å². The van der Waals surface area contributed by atoms with Gasteiger partial charge in [-0.1, -0.05) is 12.1 Å². The summed E-state index contributed by atoms with van der Waals surface area (Å²) in [6, 6.07) is 6.44. The second kappa shape index (κ2) is 7.83. The summed E-state index contributed by atoms with van der Waals surface area (Å²) in [6.07, 6.45) is 1.35. The Hall–Kier alpha value is -0.823. The Morgan fingerprint density at radius 1 is 0.957 bits per heavy atom. The summed E-state index contributed by atoms with van der Waals surface area (Å²) >= 11 is 0. The molecule has 0 aromatic heterocycles. The average molecular weight is 384 g/mol. The van der Waals surface area contributed by atoms with Crippen molar-refractivity contribution in [1.82, 2.24) is 4.13 Å². The van der Waals surface area contributed by atoms with Crippen molar-refractivity contribution in [2.45, 2.75) is 17.4 Å². The summed E-state index contributed by atoms with van der Waals surface area (Å²) in [7, 11) is -6.09. The van der Waals surface area contributed by atoms with Crippen LogP contribution in [0.4, 0.5) is 0 Å². The maximum atomic E-state index is 11.9. The number of sulfonamides is 2. The first kappa shape index (κ1) is 20.2. The second-order valence-corrected chi connectivity index (χ2v) is 11.6. The van der Waals surface area contributed by atoms with E-state index < -0.39 is 28.9 Å². The molecule has 0 saturated heterocycles. The van der Waals surface area contributed by atoms with Crippen LogP contribution < -0.4 is 4.13 Å². The lowest BCUT2D eigenvalue weighted by molar-refractivity contribution is 0.123. The normalized spacial score (nSPS) is 13.2. The molecular weight excluding hydrogens is 362 g/mol. The zero-order chi connectivity index (χ0) is 17.7. The molecule has 0 aliphatic heterocycles. The Kier molecular flexibility index (Phi) is 6.89. The minimum absolute atomic E-state index is 0.125. The predicted molar refractivity (Wildman–Crippen MR) is 86.9 cm³/mol. The van der Waals surface area contributed by atoms with Gasteiger partial charge in [-0.05, 0) is 24.1 Å². The molecule has 0 heterocycles. The van der Waals surface area contributed by atoms with Crippen molar-refractivity contribution in [2.75, 3.05) is 27.6 Å². The Bertz CT molecular complexity index is 704. The molecule has 1 N–H and O–H groups in total. The molecule has 1 aromatic carbocycles. The number of hydrogen-bond acceptors (Lipinski definition) is 7. The first-order chi connectivity index (χ1) is 10.6. The standard InChI is InChI=1S/C12H21NO7S2Si/c1-18-23(19-2,20-3)10-9-11-5-7-12(8-6-11)22(16,17)13-21(4,14)15/h5-8,13H,9-10H2,1-4H3. The highest BCUT2D eigenvalue weighted by molar-refractivity contribution is 8.04. The van der Waals surface area contributed by atoms with Crippen molar-refractivity contribution in [1.29, 1.82) is 0 Å². The van der Waals surface area contributed by atoms with Crippen LogP contribution in [-0.2, 0) is 39.7 Å². The smallest absolute Gasteiger partial charge is 0.377 e. The van der Waals surface area contributed by atoms with Crippen LogP contribution in [0.3, 0.4) is 0 Å². The van der Waals surface area contributed by atoms with E-state index in [0.29, 0.717) is 12.5 Å². The lowest BCUT2D eigenvalue weighted by atomic mass is 10.2. The van der Waals surface area contributed by atoms with Crippen LogP contribution in [0, 0.1) is 0 Å². The van der Waals surface area contributed by atoms with E-state index in [9.17, 15) is 16.8 Å². The fourth-order valence-electron chi connectivity index (χ4n) is 1.94. The van der Waals surface area contributed by atoms with Crippen molar-refractivity contribution in [3.63, 3.8) is 0 Å². The molecule has 0 radical (unpaired) electrons. The van der Waals surface area contributed by atoms with Gasteiger partial charge < -0.3 is 13.3 Å². The molecule has 132 valence electrons. The number of rotatable bonds is 9. The summed E-state index contributed by atoms with van der Waals surface area (Å²) in [4.78, 5) is -0.125. The third-order valence-electron chi connectivity index (χ3n) is 3.15. The quantitative estimate of drug-likeness (QED) is 0.613. The van der Waals surface area contributed by atoms with E-state index in [1.54, 1.807) is 16.3 Å². The SMILES string of the molecule is CO[Si](CCc1ccc(S(=O)(=O)NS(C)(=O)=O)cc1)(OC)OC. The Labute approximate surface area is 138 Å². The number of nitrogens with one attached hydrogen (secondary N) is 1. The van der Waals surface area contributed by atoms with Gasteiger partial charge in [0, 0.05) is 27.4 Å². The topological polar surface area (TPSA) is 108 Å². The van der Waals surface area contributed by atoms with Crippen LogP contribution in [-0.4, -0.2) is 53.2 Å². The number of hydrogen-bond donors (Lipinski definition) is 1. The second-order valence-electron chi connectivity index (χ2n) is 4.80. The first-order valence-electron chi connectivity index (χ1n) is 6.55. The van der Waals surface area contributed by atoms with Gasteiger partial charge in [0.05, 0.1) is 11.2 Å². The Balaban J connectivity index is 2.85. The van der Waals surface area contributed by atoms with Crippen molar-refractivity contribution < 1.29 is 30.1 Å². The van der Waals surface area contributed by atoms with Crippen molar-refractivity contribution in [3.8, 4) is 0 Å². The zero-order valence-electron chi connectivity index (χ0n) is 13.4. The maximum absolute atomic E-state index is 11.9. The molecule has 0 saturated carbocycles. The Morgan fingerprint density at radius 3 is 1.83 bits per heavy atom. The summed E-state index contributed by atoms with van der Waals surface area (Å²) in [5.74, 6) is 0. The largest absolute Gasteiger partial charge is 0.500 e. The van der Waals surface area contributed by atoms with E-state index in [0.717, 1.165) is 11.8 Å². The number of aryl methyl sites for hydroxylation is 1. The molecule has 8 nitrogen and oxygen atoms in total. The van der Waals surface area contributed by atoms with Gasteiger partial charge in [-0.3, -0.25) is 0 Å². The molecule has 0 atom stereocenters. The minimum Gasteiger partial charge on any atom is -0.377 e. The fraction of sp³-hybridized carbons (Fsp3) is 0.500. The van der Waals surface area contributed by atoms with Crippen LogP contribution in [0.1, 0.15) is 5.56 Å². The van der Waals surface area contributed by atoms with Gasteiger partial charge >= 0.3 is 8.80 Å². The lowest BCUT2D eigenvalue weighted by Crippen LogP contribution is -2.43. The monoisotopic (exact) mass is 383 g/mol. The average Bonchev–Trinajstić information content (AvgIpc) is 2.47. The van der Waals surface area contributed by atoms with E-state index in [-0.39, 0.29) is 4.90 Å². The van der Waals surface area contributed by atoms with Crippen LogP contribution in [0.2, 0.25) is 6.04 Å². The zero-order valence-corrected chi connectivity index (χ0v) is 16.0. The molecule has 0 aliphatic carbocycles. The minimum atomic E-state index is -4.10. The first-order valence-corrected chi connectivity index (χ1v) is 11.9. The number of benzene rings is 1. The molecule has 0 aliphatic rings. The maximum Gasteiger partial charge on any atom is 0.500 e.